The molecule has 3 heterocycles. The molecular formula is C12H10N6O2. The molecule has 100 valence electrons. The van der Waals surface area contributed by atoms with Gasteiger partial charge < -0.3 is 4.42 Å². The van der Waals surface area contributed by atoms with Crippen LogP contribution in [0.2, 0.25) is 0 Å². The highest BCUT2D eigenvalue weighted by atomic mass is 16.4. The molecule has 1 N–H and O–H groups in total. The van der Waals surface area contributed by atoms with E-state index in [-0.39, 0.29) is 17.8 Å². The SMILES string of the molecule is Cn1ccc(-c2nnc(NC(=O)c3cccnc3)o2)n1. The van der Waals surface area contributed by atoms with Gasteiger partial charge in [-0.15, -0.1) is 5.10 Å². The van der Waals surface area contributed by atoms with Gasteiger partial charge in [-0.1, -0.05) is 5.10 Å². The Kier molecular flexibility index (Phi) is 2.96. The van der Waals surface area contributed by atoms with Gasteiger partial charge in [0.05, 0.1) is 5.56 Å². The van der Waals surface area contributed by atoms with Crippen molar-refractivity contribution in [3.63, 3.8) is 0 Å². The number of hydrogen-bond donors (Lipinski definition) is 1. The molecule has 3 aromatic heterocycles. The second-order valence-electron chi connectivity index (χ2n) is 3.98. The Morgan fingerprint density at radius 3 is 2.95 bits per heavy atom. The third kappa shape index (κ3) is 2.39. The number of hydrogen-bond acceptors (Lipinski definition) is 6. The molecule has 0 atom stereocenters. The molecule has 0 fully saturated rings. The van der Waals surface area contributed by atoms with Gasteiger partial charge in [-0.05, 0) is 18.2 Å². The third-order valence-corrected chi connectivity index (χ3v) is 2.50. The zero-order chi connectivity index (χ0) is 13.9. The summed E-state index contributed by atoms with van der Waals surface area (Å²) in [6.07, 6.45) is 4.79. The lowest BCUT2D eigenvalue weighted by Gasteiger charge is -1.98. The molecule has 0 aliphatic rings. The van der Waals surface area contributed by atoms with E-state index in [0.29, 0.717) is 11.3 Å². The number of nitrogens with zero attached hydrogens (tertiary/aromatic N) is 5. The Labute approximate surface area is 113 Å². The molecule has 0 unspecified atom stereocenters. The summed E-state index contributed by atoms with van der Waals surface area (Å²) < 4.78 is 6.94. The maximum Gasteiger partial charge on any atom is 0.322 e. The first-order chi connectivity index (χ1) is 9.72. The number of anilines is 1. The van der Waals surface area contributed by atoms with Crippen LogP contribution in [-0.2, 0) is 7.05 Å². The van der Waals surface area contributed by atoms with E-state index in [9.17, 15) is 4.79 Å². The molecule has 0 radical (unpaired) electrons. The topological polar surface area (TPSA) is 98.7 Å². The van der Waals surface area contributed by atoms with Crippen molar-refractivity contribution < 1.29 is 9.21 Å². The zero-order valence-corrected chi connectivity index (χ0v) is 10.5. The maximum atomic E-state index is 11.9. The highest BCUT2D eigenvalue weighted by Gasteiger charge is 2.14. The van der Waals surface area contributed by atoms with Gasteiger partial charge in [-0.3, -0.25) is 19.8 Å². The van der Waals surface area contributed by atoms with E-state index < -0.39 is 0 Å². The second kappa shape index (κ2) is 4.92. The predicted molar refractivity (Wildman–Crippen MR) is 68.7 cm³/mol. The Morgan fingerprint density at radius 2 is 2.25 bits per heavy atom. The molecule has 0 saturated carbocycles. The first kappa shape index (κ1) is 12.0. The fourth-order valence-corrected chi connectivity index (χ4v) is 1.57. The van der Waals surface area contributed by atoms with Crippen LogP contribution < -0.4 is 5.32 Å². The monoisotopic (exact) mass is 270 g/mol. The molecule has 0 spiro atoms. The van der Waals surface area contributed by atoms with Crippen LogP contribution in [0.3, 0.4) is 0 Å². The lowest BCUT2D eigenvalue weighted by atomic mass is 10.3. The fourth-order valence-electron chi connectivity index (χ4n) is 1.57. The molecular weight excluding hydrogens is 260 g/mol. The minimum absolute atomic E-state index is 0.0134. The first-order valence-corrected chi connectivity index (χ1v) is 5.77. The van der Waals surface area contributed by atoms with Gasteiger partial charge in [0.25, 0.3) is 11.8 Å². The summed E-state index contributed by atoms with van der Waals surface area (Å²) in [5, 5.41) is 14.2. The number of rotatable bonds is 3. The highest BCUT2D eigenvalue weighted by Crippen LogP contribution is 2.17. The van der Waals surface area contributed by atoms with Gasteiger partial charge in [0, 0.05) is 25.6 Å². The number of pyridine rings is 1. The van der Waals surface area contributed by atoms with Gasteiger partial charge >= 0.3 is 6.01 Å². The van der Waals surface area contributed by atoms with Crippen molar-refractivity contribution in [3.05, 3.63) is 42.4 Å². The smallest absolute Gasteiger partial charge is 0.322 e. The van der Waals surface area contributed by atoms with Crippen LogP contribution in [0.25, 0.3) is 11.6 Å². The summed E-state index contributed by atoms with van der Waals surface area (Å²) in [6.45, 7) is 0. The molecule has 0 saturated heterocycles. The van der Waals surface area contributed by atoms with Crippen LogP contribution in [0.15, 0.2) is 41.2 Å². The molecule has 8 nitrogen and oxygen atoms in total. The third-order valence-electron chi connectivity index (χ3n) is 2.50. The van der Waals surface area contributed by atoms with Crippen LogP contribution in [-0.4, -0.2) is 30.9 Å². The van der Waals surface area contributed by atoms with Crippen molar-refractivity contribution in [2.24, 2.45) is 7.05 Å². The molecule has 0 bridgehead atoms. The summed E-state index contributed by atoms with van der Waals surface area (Å²) in [4.78, 5) is 15.7. The van der Waals surface area contributed by atoms with Gasteiger partial charge in [-0.25, -0.2) is 0 Å². The Balaban J connectivity index is 1.76. The number of nitrogens with one attached hydrogen (secondary N) is 1. The maximum absolute atomic E-state index is 11.9. The van der Waals surface area contributed by atoms with Crippen molar-refractivity contribution >= 4 is 11.9 Å². The van der Waals surface area contributed by atoms with E-state index in [1.807, 2.05) is 0 Å². The average molecular weight is 270 g/mol. The zero-order valence-electron chi connectivity index (χ0n) is 10.5. The predicted octanol–water partition coefficient (Wildman–Crippen LogP) is 1.12. The van der Waals surface area contributed by atoms with E-state index >= 15 is 0 Å². The van der Waals surface area contributed by atoms with Crippen LogP contribution in [0, 0.1) is 0 Å². The van der Waals surface area contributed by atoms with Crippen molar-refractivity contribution in [1.82, 2.24) is 25.0 Å². The molecule has 0 aliphatic heterocycles. The number of amides is 1. The normalized spacial score (nSPS) is 10.4. The summed E-state index contributed by atoms with van der Waals surface area (Å²) in [6, 6.07) is 5.06. The molecule has 3 aromatic rings. The number of aromatic nitrogens is 5. The van der Waals surface area contributed by atoms with Gasteiger partial charge in [0.15, 0.2) is 0 Å². The van der Waals surface area contributed by atoms with Crippen molar-refractivity contribution in [1.29, 1.82) is 0 Å². The van der Waals surface area contributed by atoms with Crippen molar-refractivity contribution in [2.75, 3.05) is 5.32 Å². The summed E-state index contributed by atoms with van der Waals surface area (Å²) in [7, 11) is 1.78. The van der Waals surface area contributed by atoms with Crippen molar-refractivity contribution in [3.8, 4) is 11.6 Å². The fraction of sp³-hybridized carbons (Fsp3) is 0.0833. The van der Waals surface area contributed by atoms with Crippen LogP contribution in [0.1, 0.15) is 10.4 Å². The second-order valence-corrected chi connectivity index (χ2v) is 3.98. The number of carbonyl (C=O) groups excluding carboxylic acids is 1. The molecule has 0 aromatic carbocycles. The van der Waals surface area contributed by atoms with E-state index in [2.05, 4.69) is 25.6 Å². The molecule has 3 rings (SSSR count). The lowest BCUT2D eigenvalue weighted by molar-refractivity contribution is 0.102. The highest BCUT2D eigenvalue weighted by molar-refractivity contribution is 6.02. The van der Waals surface area contributed by atoms with Crippen LogP contribution in [0.4, 0.5) is 6.01 Å². The average Bonchev–Trinajstić information content (AvgIpc) is 3.09. The quantitative estimate of drug-likeness (QED) is 0.765. The van der Waals surface area contributed by atoms with E-state index in [0.717, 1.165) is 0 Å². The Hall–Kier alpha value is -3.03. The van der Waals surface area contributed by atoms with E-state index in [1.54, 1.807) is 42.3 Å². The van der Waals surface area contributed by atoms with E-state index in [1.165, 1.54) is 6.20 Å². The molecule has 0 aliphatic carbocycles. The minimum Gasteiger partial charge on any atom is -0.401 e. The first-order valence-electron chi connectivity index (χ1n) is 5.77. The summed E-state index contributed by atoms with van der Waals surface area (Å²) >= 11 is 0. The number of carbonyl (C=O) groups is 1. The Bertz CT molecular complexity index is 733. The Morgan fingerprint density at radius 1 is 1.35 bits per heavy atom. The summed E-state index contributed by atoms with van der Waals surface area (Å²) in [5.74, 6) is -0.124. The van der Waals surface area contributed by atoms with Crippen molar-refractivity contribution in [2.45, 2.75) is 0 Å². The van der Waals surface area contributed by atoms with Crippen LogP contribution >= 0.6 is 0 Å². The standard InChI is InChI=1S/C12H10N6O2/c1-18-6-4-9(17-18)11-15-16-12(20-11)14-10(19)8-3-2-5-13-7-8/h2-7H,1H3,(H,14,16,19). The van der Waals surface area contributed by atoms with Crippen LogP contribution in [0.5, 0.6) is 0 Å². The molecule has 8 heteroatoms. The molecule has 20 heavy (non-hydrogen) atoms. The lowest BCUT2D eigenvalue weighted by Crippen LogP contribution is -2.12. The van der Waals surface area contributed by atoms with Gasteiger partial charge in [0.1, 0.15) is 5.69 Å². The minimum atomic E-state index is -0.366. The van der Waals surface area contributed by atoms with Gasteiger partial charge in [-0.2, -0.15) is 5.10 Å². The number of aryl methyl sites for hydroxylation is 1. The van der Waals surface area contributed by atoms with E-state index in [4.69, 9.17) is 4.42 Å². The summed E-state index contributed by atoms with van der Waals surface area (Å²) in [5.41, 5.74) is 0.951. The molecule has 1 amide bonds. The van der Waals surface area contributed by atoms with Gasteiger partial charge in [0.2, 0.25) is 0 Å². The largest absolute Gasteiger partial charge is 0.401 e.